The van der Waals surface area contributed by atoms with E-state index < -0.39 is 0 Å². The van der Waals surface area contributed by atoms with Gasteiger partial charge in [0, 0.05) is 10.7 Å². The monoisotopic (exact) mass is 172 g/mol. The van der Waals surface area contributed by atoms with Crippen molar-refractivity contribution in [2.24, 2.45) is 5.73 Å². The molecule has 3 heteroatoms. The van der Waals surface area contributed by atoms with Crippen molar-refractivity contribution >= 4 is 17.3 Å². The number of anilines is 1. The van der Waals surface area contributed by atoms with Crippen LogP contribution in [0.15, 0.2) is 18.2 Å². The zero-order valence-electron chi connectivity index (χ0n) is 6.76. The van der Waals surface area contributed by atoms with E-state index in [-0.39, 0.29) is 0 Å². The lowest BCUT2D eigenvalue weighted by Crippen LogP contribution is -1.83. The van der Waals surface area contributed by atoms with Gasteiger partial charge in [0.05, 0.1) is 0 Å². The summed E-state index contributed by atoms with van der Waals surface area (Å²) in [4.78, 5) is 0. The Morgan fingerprint density at radius 2 is 1.82 bits per heavy atom. The van der Waals surface area contributed by atoms with Gasteiger partial charge in [0.15, 0.2) is 0 Å². The van der Waals surface area contributed by atoms with Gasteiger partial charge >= 0.3 is 0 Å². The Labute approximate surface area is 72.2 Å². The van der Waals surface area contributed by atoms with Crippen LogP contribution in [0.4, 0.5) is 5.69 Å². The maximum Gasteiger partial charge on any atom is 0.0455 e. The third kappa shape index (κ3) is 3.25. The predicted octanol–water partition coefficient (Wildman–Crippen LogP) is 1.81. The van der Waals surface area contributed by atoms with E-state index in [0.717, 1.165) is 10.6 Å². The molecule has 0 amide bonds. The highest BCUT2D eigenvalue weighted by atomic mass is 35.5. The number of rotatable bonds is 0. The fourth-order valence-corrected chi connectivity index (χ4v) is 0.798. The van der Waals surface area contributed by atoms with Gasteiger partial charge in [-0.3, -0.25) is 0 Å². The summed E-state index contributed by atoms with van der Waals surface area (Å²) in [5, 5.41) is 0.731. The number of halogens is 1. The van der Waals surface area contributed by atoms with Gasteiger partial charge in [-0.15, -0.1) is 0 Å². The van der Waals surface area contributed by atoms with Crippen LogP contribution in [-0.4, -0.2) is 7.05 Å². The van der Waals surface area contributed by atoms with Crippen LogP contribution in [0.25, 0.3) is 0 Å². The molecule has 0 saturated carbocycles. The largest absolute Gasteiger partial charge is 0.399 e. The van der Waals surface area contributed by atoms with Gasteiger partial charge in [-0.2, -0.15) is 0 Å². The molecule has 0 bridgehead atoms. The quantitative estimate of drug-likeness (QED) is 0.587. The van der Waals surface area contributed by atoms with Crippen LogP contribution in [0, 0.1) is 6.92 Å². The van der Waals surface area contributed by atoms with Crippen molar-refractivity contribution in [2.45, 2.75) is 6.92 Å². The van der Waals surface area contributed by atoms with E-state index in [1.165, 1.54) is 7.05 Å². The Kier molecular flexibility index (Phi) is 4.66. The van der Waals surface area contributed by atoms with E-state index in [4.69, 9.17) is 17.3 Å². The molecule has 0 atom stereocenters. The maximum absolute atomic E-state index is 5.73. The van der Waals surface area contributed by atoms with Crippen molar-refractivity contribution in [3.63, 3.8) is 0 Å². The molecule has 1 aromatic rings. The summed E-state index contributed by atoms with van der Waals surface area (Å²) in [5.74, 6) is 0. The van der Waals surface area contributed by atoms with Gasteiger partial charge in [0.25, 0.3) is 0 Å². The van der Waals surface area contributed by atoms with Gasteiger partial charge < -0.3 is 11.5 Å². The summed E-state index contributed by atoms with van der Waals surface area (Å²) in [5.41, 5.74) is 11.7. The molecule has 11 heavy (non-hydrogen) atoms. The van der Waals surface area contributed by atoms with E-state index in [0.29, 0.717) is 5.69 Å². The maximum atomic E-state index is 5.73. The molecule has 62 valence electrons. The third-order valence-electron chi connectivity index (χ3n) is 1.20. The molecule has 0 unspecified atom stereocenters. The highest BCUT2D eigenvalue weighted by Crippen LogP contribution is 2.17. The lowest BCUT2D eigenvalue weighted by Gasteiger charge is -1.96. The van der Waals surface area contributed by atoms with Gasteiger partial charge in [-0.05, 0) is 31.7 Å². The van der Waals surface area contributed by atoms with Crippen LogP contribution in [-0.2, 0) is 0 Å². The van der Waals surface area contributed by atoms with E-state index in [1.807, 2.05) is 19.1 Å². The first-order chi connectivity index (χ1) is 5.20. The van der Waals surface area contributed by atoms with E-state index in [2.05, 4.69) is 5.73 Å². The number of nitrogen functional groups attached to an aromatic ring is 1. The Hall–Kier alpha value is -0.730. The number of hydrogen-bond acceptors (Lipinski definition) is 2. The molecule has 1 rings (SSSR count). The highest BCUT2D eigenvalue weighted by Gasteiger charge is 1.91. The van der Waals surface area contributed by atoms with Crippen molar-refractivity contribution in [2.75, 3.05) is 12.8 Å². The summed E-state index contributed by atoms with van der Waals surface area (Å²) in [7, 11) is 1.50. The molecule has 0 spiro atoms. The number of hydrogen-bond donors (Lipinski definition) is 2. The molecular formula is C8H13ClN2. The molecule has 0 heterocycles. The number of nitrogens with two attached hydrogens (primary N) is 2. The van der Waals surface area contributed by atoms with Crippen LogP contribution >= 0.6 is 11.6 Å². The van der Waals surface area contributed by atoms with E-state index in [9.17, 15) is 0 Å². The molecule has 0 aliphatic rings. The van der Waals surface area contributed by atoms with Crippen LogP contribution in [0.1, 0.15) is 5.56 Å². The normalized spacial score (nSPS) is 8.36. The second-order valence-electron chi connectivity index (χ2n) is 2.01. The summed E-state index contributed by atoms with van der Waals surface area (Å²) < 4.78 is 0. The van der Waals surface area contributed by atoms with Gasteiger partial charge in [-0.1, -0.05) is 17.7 Å². The zero-order valence-corrected chi connectivity index (χ0v) is 7.52. The fourth-order valence-electron chi connectivity index (χ4n) is 0.609. The highest BCUT2D eigenvalue weighted by molar-refractivity contribution is 6.31. The minimum Gasteiger partial charge on any atom is -0.399 e. The van der Waals surface area contributed by atoms with Crippen molar-refractivity contribution in [3.8, 4) is 0 Å². The first kappa shape index (κ1) is 10.3. The molecule has 0 fully saturated rings. The van der Waals surface area contributed by atoms with Gasteiger partial charge in [0.2, 0.25) is 0 Å². The molecule has 0 aliphatic carbocycles. The molecule has 0 aliphatic heterocycles. The van der Waals surface area contributed by atoms with Crippen LogP contribution in [0.2, 0.25) is 5.02 Å². The zero-order chi connectivity index (χ0) is 8.85. The van der Waals surface area contributed by atoms with Crippen molar-refractivity contribution in [1.82, 2.24) is 0 Å². The minimum absolute atomic E-state index is 0.714. The summed E-state index contributed by atoms with van der Waals surface area (Å²) in [6.45, 7) is 1.95. The fraction of sp³-hybridized carbons (Fsp3) is 0.250. The topological polar surface area (TPSA) is 52.0 Å². The second kappa shape index (κ2) is 4.99. The molecule has 1 aromatic carbocycles. The molecular weight excluding hydrogens is 160 g/mol. The smallest absolute Gasteiger partial charge is 0.0455 e. The molecule has 0 aromatic heterocycles. The van der Waals surface area contributed by atoms with Crippen molar-refractivity contribution in [1.29, 1.82) is 0 Å². The third-order valence-corrected chi connectivity index (χ3v) is 1.60. The minimum atomic E-state index is 0.714. The Morgan fingerprint density at radius 1 is 1.27 bits per heavy atom. The van der Waals surface area contributed by atoms with Crippen LogP contribution < -0.4 is 11.5 Å². The molecule has 0 saturated heterocycles. The van der Waals surface area contributed by atoms with E-state index in [1.54, 1.807) is 6.07 Å². The summed E-state index contributed by atoms with van der Waals surface area (Å²) in [6.07, 6.45) is 0. The summed E-state index contributed by atoms with van der Waals surface area (Å²) >= 11 is 5.73. The van der Waals surface area contributed by atoms with Crippen molar-refractivity contribution < 1.29 is 0 Å². The number of benzene rings is 1. The Morgan fingerprint density at radius 3 is 2.18 bits per heavy atom. The predicted molar refractivity (Wildman–Crippen MR) is 50.7 cm³/mol. The first-order valence-corrected chi connectivity index (χ1v) is 3.67. The molecule has 4 N–H and O–H groups in total. The van der Waals surface area contributed by atoms with Crippen molar-refractivity contribution in [3.05, 3.63) is 28.8 Å². The molecule has 2 nitrogen and oxygen atoms in total. The average Bonchev–Trinajstić information content (AvgIpc) is 2.02. The Balaban J connectivity index is 0.000000461. The second-order valence-corrected chi connectivity index (χ2v) is 2.42. The van der Waals surface area contributed by atoms with Gasteiger partial charge in [0.1, 0.15) is 0 Å². The molecule has 0 radical (unpaired) electrons. The van der Waals surface area contributed by atoms with Gasteiger partial charge in [-0.25, -0.2) is 0 Å². The lowest BCUT2D eigenvalue weighted by molar-refractivity contribution is 1.47. The van der Waals surface area contributed by atoms with Crippen LogP contribution in [0.5, 0.6) is 0 Å². The SMILES string of the molecule is CN.Cc1ccc(N)cc1Cl. The average molecular weight is 173 g/mol. The summed E-state index contributed by atoms with van der Waals surface area (Å²) in [6, 6.07) is 5.48. The number of aryl methyl sites for hydroxylation is 1. The standard InChI is InChI=1S/C7H8ClN.CH5N/c1-5-2-3-6(9)4-7(5)8;1-2/h2-4H,9H2,1H3;2H2,1H3. The van der Waals surface area contributed by atoms with E-state index >= 15 is 0 Å². The Bertz CT molecular complexity index is 223. The first-order valence-electron chi connectivity index (χ1n) is 3.29. The lowest BCUT2D eigenvalue weighted by atomic mass is 10.2. The van der Waals surface area contributed by atoms with Crippen LogP contribution in [0.3, 0.4) is 0 Å².